The number of anilines is 1. The number of halogens is 4. The van der Waals surface area contributed by atoms with Crippen molar-refractivity contribution in [1.29, 1.82) is 0 Å². The fourth-order valence-electron chi connectivity index (χ4n) is 2.36. The van der Waals surface area contributed by atoms with E-state index in [0.717, 1.165) is 23.8 Å². The molecule has 0 saturated heterocycles. The monoisotopic (exact) mass is 377 g/mol. The number of methoxy groups -OCH3 is 1. The highest BCUT2D eigenvalue weighted by atomic mass is 19.4. The number of nitrogens with one attached hydrogen (secondary N) is 1. The predicted molar refractivity (Wildman–Crippen MR) is 92.7 cm³/mol. The lowest BCUT2D eigenvalue weighted by Crippen LogP contribution is -2.12. The highest BCUT2D eigenvalue weighted by molar-refractivity contribution is 5.61. The van der Waals surface area contributed by atoms with Gasteiger partial charge in [0.2, 0.25) is 5.95 Å². The van der Waals surface area contributed by atoms with Crippen LogP contribution in [0.3, 0.4) is 0 Å². The molecule has 0 atom stereocenters. The van der Waals surface area contributed by atoms with Crippen LogP contribution in [0, 0.1) is 5.82 Å². The van der Waals surface area contributed by atoms with Crippen LogP contribution in [0.4, 0.5) is 23.5 Å². The summed E-state index contributed by atoms with van der Waals surface area (Å²) in [5.74, 6) is 0.0225. The number of ether oxygens (including phenoxy) is 1. The smallest absolute Gasteiger partial charge is 0.433 e. The van der Waals surface area contributed by atoms with Gasteiger partial charge in [0.25, 0.3) is 0 Å². The minimum Gasteiger partial charge on any atom is -0.497 e. The molecule has 0 aliphatic carbocycles. The van der Waals surface area contributed by atoms with Crippen LogP contribution in [-0.4, -0.2) is 17.1 Å². The number of nitrogens with zero attached hydrogens (tertiary/aromatic N) is 2. The molecule has 0 aliphatic heterocycles. The zero-order valence-electron chi connectivity index (χ0n) is 14.2. The minimum absolute atomic E-state index is 0.0505. The van der Waals surface area contributed by atoms with Gasteiger partial charge >= 0.3 is 6.18 Å². The van der Waals surface area contributed by atoms with Crippen LogP contribution in [0.15, 0.2) is 54.6 Å². The summed E-state index contributed by atoms with van der Waals surface area (Å²) < 4.78 is 57.7. The first-order chi connectivity index (χ1) is 12.8. The molecule has 0 fully saturated rings. The molecule has 0 spiro atoms. The van der Waals surface area contributed by atoms with Crippen molar-refractivity contribution >= 4 is 5.95 Å². The van der Waals surface area contributed by atoms with Crippen molar-refractivity contribution in [2.24, 2.45) is 0 Å². The molecule has 140 valence electrons. The number of aromatic nitrogens is 2. The SMILES string of the molecule is COc1ccc(CNc2nc(-c3ccc(F)cc3)cc(C(F)(F)F)n2)cc1. The molecule has 2 aromatic carbocycles. The number of alkyl halides is 3. The lowest BCUT2D eigenvalue weighted by molar-refractivity contribution is -0.141. The normalized spacial score (nSPS) is 11.3. The van der Waals surface area contributed by atoms with Crippen molar-refractivity contribution in [3.8, 4) is 17.0 Å². The molecule has 4 nitrogen and oxygen atoms in total. The molecule has 1 aromatic heterocycles. The molecule has 3 rings (SSSR count). The van der Waals surface area contributed by atoms with Crippen molar-refractivity contribution in [2.75, 3.05) is 12.4 Å². The van der Waals surface area contributed by atoms with E-state index in [0.29, 0.717) is 11.3 Å². The van der Waals surface area contributed by atoms with E-state index < -0.39 is 17.7 Å². The Kier molecular flexibility index (Phi) is 5.25. The number of rotatable bonds is 5. The van der Waals surface area contributed by atoms with Gasteiger partial charge in [0.05, 0.1) is 12.8 Å². The van der Waals surface area contributed by atoms with E-state index in [1.54, 1.807) is 31.4 Å². The van der Waals surface area contributed by atoms with E-state index in [1.165, 1.54) is 12.1 Å². The molecule has 0 amide bonds. The Bertz CT molecular complexity index is 910. The zero-order chi connectivity index (χ0) is 19.4. The maximum Gasteiger partial charge on any atom is 0.433 e. The first kappa shape index (κ1) is 18.6. The average Bonchev–Trinajstić information content (AvgIpc) is 2.66. The number of hydrogen-bond donors (Lipinski definition) is 1. The maximum absolute atomic E-state index is 13.2. The zero-order valence-corrected chi connectivity index (χ0v) is 14.2. The summed E-state index contributed by atoms with van der Waals surface area (Å²) in [5, 5.41) is 2.80. The molecule has 0 bridgehead atoms. The summed E-state index contributed by atoms with van der Waals surface area (Å²) in [6.45, 7) is 0.230. The molecule has 0 saturated carbocycles. The molecule has 0 unspecified atom stereocenters. The molecular formula is C19H15F4N3O. The summed E-state index contributed by atoms with van der Waals surface area (Å²) in [7, 11) is 1.54. The van der Waals surface area contributed by atoms with Gasteiger partial charge in [0.15, 0.2) is 5.69 Å². The van der Waals surface area contributed by atoms with E-state index in [1.807, 2.05) is 0 Å². The Balaban J connectivity index is 1.88. The number of benzene rings is 2. The average molecular weight is 377 g/mol. The Hall–Kier alpha value is -3.16. The van der Waals surface area contributed by atoms with Crippen molar-refractivity contribution in [2.45, 2.75) is 12.7 Å². The highest BCUT2D eigenvalue weighted by Crippen LogP contribution is 2.31. The molecule has 8 heteroatoms. The van der Waals surface area contributed by atoms with E-state index in [2.05, 4.69) is 15.3 Å². The van der Waals surface area contributed by atoms with Crippen molar-refractivity contribution < 1.29 is 22.3 Å². The predicted octanol–water partition coefficient (Wildman–Crippen LogP) is 4.92. The van der Waals surface area contributed by atoms with Gasteiger partial charge in [-0.1, -0.05) is 12.1 Å². The summed E-state index contributed by atoms with van der Waals surface area (Å²) >= 11 is 0. The van der Waals surface area contributed by atoms with Crippen LogP contribution >= 0.6 is 0 Å². The summed E-state index contributed by atoms with van der Waals surface area (Å²) in [6, 6.07) is 12.9. The van der Waals surface area contributed by atoms with Crippen LogP contribution in [0.5, 0.6) is 5.75 Å². The van der Waals surface area contributed by atoms with Crippen LogP contribution in [0.25, 0.3) is 11.3 Å². The Labute approximate surface area is 152 Å². The van der Waals surface area contributed by atoms with Crippen LogP contribution in [0.1, 0.15) is 11.3 Å². The lowest BCUT2D eigenvalue weighted by atomic mass is 10.1. The van der Waals surface area contributed by atoms with Crippen LogP contribution in [-0.2, 0) is 12.7 Å². The van der Waals surface area contributed by atoms with E-state index in [4.69, 9.17) is 4.74 Å². The van der Waals surface area contributed by atoms with Gasteiger partial charge in [0, 0.05) is 12.1 Å². The number of hydrogen-bond acceptors (Lipinski definition) is 4. The van der Waals surface area contributed by atoms with Gasteiger partial charge in [-0.3, -0.25) is 0 Å². The molecule has 27 heavy (non-hydrogen) atoms. The second-order valence-corrected chi connectivity index (χ2v) is 5.67. The fourth-order valence-corrected chi connectivity index (χ4v) is 2.36. The van der Waals surface area contributed by atoms with Gasteiger partial charge in [-0.05, 0) is 48.0 Å². The quantitative estimate of drug-likeness (QED) is 0.641. The van der Waals surface area contributed by atoms with Gasteiger partial charge < -0.3 is 10.1 Å². The van der Waals surface area contributed by atoms with Crippen LogP contribution in [0.2, 0.25) is 0 Å². The summed E-state index contributed by atoms with van der Waals surface area (Å²) in [4.78, 5) is 7.68. The molecule has 0 aliphatic rings. The first-order valence-corrected chi connectivity index (χ1v) is 7.94. The standard InChI is InChI=1S/C19H15F4N3O/c1-27-15-8-2-12(3-9-15)11-24-18-25-16(10-17(26-18)19(21,22)23)13-4-6-14(20)7-5-13/h2-10H,11H2,1H3,(H,24,25,26). The first-order valence-electron chi connectivity index (χ1n) is 7.94. The Morgan fingerprint density at radius 1 is 0.963 bits per heavy atom. The van der Waals surface area contributed by atoms with Crippen molar-refractivity contribution in [1.82, 2.24) is 9.97 Å². The second kappa shape index (κ2) is 7.61. The third-order valence-corrected chi connectivity index (χ3v) is 3.77. The van der Waals surface area contributed by atoms with Gasteiger partial charge in [-0.2, -0.15) is 13.2 Å². The third-order valence-electron chi connectivity index (χ3n) is 3.77. The largest absolute Gasteiger partial charge is 0.497 e. The van der Waals surface area contributed by atoms with Crippen molar-refractivity contribution in [3.05, 3.63) is 71.7 Å². The Morgan fingerprint density at radius 3 is 2.22 bits per heavy atom. The summed E-state index contributed by atoms with van der Waals surface area (Å²) in [6.07, 6.45) is -4.63. The van der Waals surface area contributed by atoms with E-state index in [9.17, 15) is 17.6 Å². The van der Waals surface area contributed by atoms with Gasteiger partial charge in [-0.25, -0.2) is 14.4 Å². The van der Waals surface area contributed by atoms with E-state index >= 15 is 0 Å². The third kappa shape index (κ3) is 4.72. The van der Waals surface area contributed by atoms with Crippen LogP contribution < -0.4 is 10.1 Å². The summed E-state index contributed by atoms with van der Waals surface area (Å²) in [5.41, 5.74) is 0.153. The highest BCUT2D eigenvalue weighted by Gasteiger charge is 2.33. The van der Waals surface area contributed by atoms with Gasteiger partial charge in [0.1, 0.15) is 11.6 Å². The molecule has 0 radical (unpaired) electrons. The molecular weight excluding hydrogens is 362 g/mol. The minimum atomic E-state index is -4.63. The topological polar surface area (TPSA) is 47.0 Å². The second-order valence-electron chi connectivity index (χ2n) is 5.67. The van der Waals surface area contributed by atoms with Crippen molar-refractivity contribution in [3.63, 3.8) is 0 Å². The maximum atomic E-state index is 13.2. The Morgan fingerprint density at radius 2 is 1.63 bits per heavy atom. The van der Waals surface area contributed by atoms with E-state index in [-0.39, 0.29) is 18.2 Å². The molecule has 3 aromatic rings. The fraction of sp³-hybridized carbons (Fsp3) is 0.158. The lowest BCUT2D eigenvalue weighted by Gasteiger charge is -2.12. The molecule has 1 heterocycles. The van der Waals surface area contributed by atoms with Gasteiger partial charge in [-0.15, -0.1) is 0 Å². The molecule has 1 N–H and O–H groups in total.